The van der Waals surface area contributed by atoms with Crippen LogP contribution in [0.4, 0.5) is 10.6 Å². The Labute approximate surface area is 163 Å². The van der Waals surface area contributed by atoms with E-state index in [0.717, 1.165) is 16.7 Å². The van der Waals surface area contributed by atoms with Gasteiger partial charge in [0.15, 0.2) is 0 Å². The summed E-state index contributed by atoms with van der Waals surface area (Å²) in [5, 5.41) is 5.99. The first kappa shape index (κ1) is 19.2. The lowest BCUT2D eigenvalue weighted by Gasteiger charge is -2.18. The van der Waals surface area contributed by atoms with Crippen molar-refractivity contribution in [3.63, 3.8) is 0 Å². The number of nitrogens with zero attached hydrogens (tertiary/aromatic N) is 2. The number of hydrogen-bond acceptors (Lipinski definition) is 4. The van der Waals surface area contributed by atoms with E-state index in [2.05, 4.69) is 15.6 Å². The van der Waals surface area contributed by atoms with E-state index in [4.69, 9.17) is 4.74 Å². The van der Waals surface area contributed by atoms with E-state index in [1.54, 1.807) is 37.3 Å². The van der Waals surface area contributed by atoms with Crippen molar-refractivity contribution < 1.29 is 14.3 Å². The predicted octanol–water partition coefficient (Wildman–Crippen LogP) is 3.27. The number of carbonyl (C=O) groups excluding carboxylic acids is 2. The molecule has 0 unspecified atom stereocenters. The fraction of sp³-hybridized carbons (Fsp3) is 0.190. The molecule has 3 rings (SSSR count). The molecule has 28 heavy (non-hydrogen) atoms. The van der Waals surface area contributed by atoms with Gasteiger partial charge in [-0.15, -0.1) is 0 Å². The Balaban J connectivity index is 1.78. The van der Waals surface area contributed by atoms with Crippen LogP contribution in [0.25, 0.3) is 10.9 Å². The maximum absolute atomic E-state index is 12.8. The second-order valence-corrected chi connectivity index (χ2v) is 6.32. The van der Waals surface area contributed by atoms with Crippen molar-refractivity contribution in [2.75, 3.05) is 26.5 Å². The molecule has 0 aliphatic rings. The molecule has 0 aliphatic heterocycles. The zero-order chi connectivity index (χ0) is 20.1. The molecule has 0 bridgehead atoms. The number of rotatable bonds is 5. The zero-order valence-corrected chi connectivity index (χ0v) is 16.0. The number of urea groups is 1. The first-order valence-corrected chi connectivity index (χ1v) is 8.78. The van der Waals surface area contributed by atoms with Gasteiger partial charge in [-0.05, 0) is 42.0 Å². The molecule has 0 fully saturated rings. The maximum atomic E-state index is 12.8. The molecular formula is C21H22N4O3. The molecule has 0 spiro atoms. The standard InChI is InChI=1S/C21H22N4O3/c1-22-21(27)24-19-11-8-15-6-7-16(12-18(15)23-19)20(26)25(2)13-14-4-9-17(28-3)10-5-14/h4-12H,13H2,1-3H3,(H2,22,23,24,27). The van der Waals surface area contributed by atoms with Crippen LogP contribution in [-0.2, 0) is 6.54 Å². The molecule has 0 atom stereocenters. The van der Waals surface area contributed by atoms with Crippen molar-refractivity contribution in [1.29, 1.82) is 0 Å². The molecule has 0 aliphatic carbocycles. The number of carbonyl (C=O) groups is 2. The highest BCUT2D eigenvalue weighted by atomic mass is 16.5. The third-order valence-electron chi connectivity index (χ3n) is 4.33. The first-order chi connectivity index (χ1) is 13.5. The minimum absolute atomic E-state index is 0.107. The maximum Gasteiger partial charge on any atom is 0.320 e. The number of hydrogen-bond donors (Lipinski definition) is 2. The van der Waals surface area contributed by atoms with Crippen LogP contribution in [-0.4, -0.2) is 43.0 Å². The Morgan fingerprint density at radius 2 is 1.79 bits per heavy atom. The summed E-state index contributed by atoms with van der Waals surface area (Å²) in [6, 6.07) is 16.2. The van der Waals surface area contributed by atoms with Crippen molar-refractivity contribution >= 4 is 28.7 Å². The van der Waals surface area contributed by atoms with Crippen LogP contribution in [0.15, 0.2) is 54.6 Å². The van der Waals surface area contributed by atoms with Gasteiger partial charge in [0.2, 0.25) is 0 Å². The summed E-state index contributed by atoms with van der Waals surface area (Å²) in [6.07, 6.45) is 0. The third-order valence-corrected chi connectivity index (χ3v) is 4.33. The smallest absolute Gasteiger partial charge is 0.320 e. The largest absolute Gasteiger partial charge is 0.497 e. The molecule has 2 N–H and O–H groups in total. The van der Waals surface area contributed by atoms with Crippen LogP contribution in [0, 0.1) is 0 Å². The monoisotopic (exact) mass is 378 g/mol. The van der Waals surface area contributed by atoms with Crippen LogP contribution in [0.3, 0.4) is 0 Å². The fourth-order valence-corrected chi connectivity index (χ4v) is 2.80. The van der Waals surface area contributed by atoms with Crippen molar-refractivity contribution in [2.24, 2.45) is 0 Å². The normalized spacial score (nSPS) is 10.4. The highest BCUT2D eigenvalue weighted by molar-refractivity contribution is 5.98. The van der Waals surface area contributed by atoms with Gasteiger partial charge in [0.05, 0.1) is 12.6 Å². The number of pyridine rings is 1. The van der Waals surface area contributed by atoms with E-state index < -0.39 is 0 Å². The molecule has 144 valence electrons. The number of benzene rings is 2. The van der Waals surface area contributed by atoms with Gasteiger partial charge >= 0.3 is 6.03 Å². The molecule has 0 saturated heterocycles. The Bertz CT molecular complexity index is 1000. The number of amides is 3. The summed E-state index contributed by atoms with van der Waals surface area (Å²) in [5.41, 5.74) is 2.18. The topological polar surface area (TPSA) is 83.6 Å². The van der Waals surface area contributed by atoms with Crippen molar-refractivity contribution in [3.8, 4) is 5.75 Å². The van der Waals surface area contributed by atoms with Crippen molar-refractivity contribution in [1.82, 2.24) is 15.2 Å². The quantitative estimate of drug-likeness (QED) is 0.714. The fourth-order valence-electron chi connectivity index (χ4n) is 2.80. The molecule has 2 aromatic carbocycles. The Hall–Kier alpha value is -3.61. The highest BCUT2D eigenvalue weighted by Crippen LogP contribution is 2.19. The molecule has 3 amide bonds. The van der Waals surface area contributed by atoms with Gasteiger partial charge in [0.25, 0.3) is 5.91 Å². The lowest BCUT2D eigenvalue weighted by molar-refractivity contribution is 0.0785. The van der Waals surface area contributed by atoms with Gasteiger partial charge in [-0.3, -0.25) is 10.1 Å². The number of anilines is 1. The van der Waals surface area contributed by atoms with Crippen LogP contribution in [0.2, 0.25) is 0 Å². The summed E-state index contributed by atoms with van der Waals surface area (Å²) in [5.74, 6) is 1.09. The van der Waals surface area contributed by atoms with Gasteiger partial charge in [-0.2, -0.15) is 0 Å². The zero-order valence-electron chi connectivity index (χ0n) is 16.0. The van der Waals surface area contributed by atoms with E-state index in [1.807, 2.05) is 36.4 Å². The summed E-state index contributed by atoms with van der Waals surface area (Å²) in [6.45, 7) is 0.479. The van der Waals surface area contributed by atoms with Gasteiger partial charge < -0.3 is 15.0 Å². The van der Waals surface area contributed by atoms with Crippen LogP contribution in [0.5, 0.6) is 5.75 Å². The van der Waals surface area contributed by atoms with E-state index in [1.165, 1.54) is 7.05 Å². The number of nitrogens with one attached hydrogen (secondary N) is 2. The van der Waals surface area contributed by atoms with Crippen molar-refractivity contribution in [3.05, 3.63) is 65.7 Å². The van der Waals surface area contributed by atoms with E-state index >= 15 is 0 Å². The molecular weight excluding hydrogens is 356 g/mol. The first-order valence-electron chi connectivity index (χ1n) is 8.78. The predicted molar refractivity (Wildman–Crippen MR) is 109 cm³/mol. The Kier molecular flexibility index (Phi) is 5.74. The molecule has 3 aromatic rings. The molecule has 0 radical (unpaired) electrons. The van der Waals surface area contributed by atoms with Crippen LogP contribution < -0.4 is 15.4 Å². The number of ether oxygens (including phenoxy) is 1. The number of aromatic nitrogens is 1. The van der Waals surface area contributed by atoms with Crippen LogP contribution in [0.1, 0.15) is 15.9 Å². The average Bonchev–Trinajstić information content (AvgIpc) is 2.73. The van der Waals surface area contributed by atoms with E-state index in [0.29, 0.717) is 23.4 Å². The van der Waals surface area contributed by atoms with Gasteiger partial charge in [-0.25, -0.2) is 9.78 Å². The van der Waals surface area contributed by atoms with Gasteiger partial charge in [0.1, 0.15) is 11.6 Å². The van der Waals surface area contributed by atoms with Gasteiger partial charge in [-0.1, -0.05) is 18.2 Å². The molecule has 7 heteroatoms. The lowest BCUT2D eigenvalue weighted by Crippen LogP contribution is -2.26. The SMILES string of the molecule is CNC(=O)Nc1ccc2ccc(C(=O)N(C)Cc3ccc(OC)cc3)cc2n1. The minimum Gasteiger partial charge on any atom is -0.497 e. The Morgan fingerprint density at radius 3 is 2.46 bits per heavy atom. The average molecular weight is 378 g/mol. The van der Waals surface area contributed by atoms with Gasteiger partial charge in [0, 0.05) is 31.6 Å². The minimum atomic E-state index is -0.349. The molecule has 7 nitrogen and oxygen atoms in total. The highest BCUT2D eigenvalue weighted by Gasteiger charge is 2.13. The van der Waals surface area contributed by atoms with Crippen molar-refractivity contribution in [2.45, 2.75) is 6.54 Å². The second-order valence-electron chi connectivity index (χ2n) is 6.32. The number of methoxy groups -OCH3 is 1. The second kappa shape index (κ2) is 8.39. The summed E-state index contributed by atoms with van der Waals surface area (Å²) in [7, 11) is 4.91. The summed E-state index contributed by atoms with van der Waals surface area (Å²) < 4.78 is 5.15. The van der Waals surface area contributed by atoms with E-state index in [-0.39, 0.29) is 11.9 Å². The molecule has 1 aromatic heterocycles. The molecule has 1 heterocycles. The Morgan fingerprint density at radius 1 is 1.07 bits per heavy atom. The van der Waals surface area contributed by atoms with E-state index in [9.17, 15) is 9.59 Å². The summed E-state index contributed by atoms with van der Waals surface area (Å²) in [4.78, 5) is 30.3. The third kappa shape index (κ3) is 4.37. The number of fused-ring (bicyclic) bond motifs is 1. The lowest BCUT2D eigenvalue weighted by atomic mass is 10.1. The van der Waals surface area contributed by atoms with Crippen LogP contribution >= 0.6 is 0 Å². The summed E-state index contributed by atoms with van der Waals surface area (Å²) >= 11 is 0. The molecule has 0 saturated carbocycles.